The standard InChI is InChI=1S/C23H25N2O7P/c24-23(28)16-7-4-8-19-22(16)17-11-15(32-20(26)12-21(27)33(29,30)31)9-10-18(17)25(19)13-14-5-2-1-3-6-14/h1-3,5-6,9-11,16,20,26,29-31H,4,7-8,12-13H2,(H-,24,28)/p+1. The number of aliphatic hydroxyl groups excluding tert-OH is 1. The fraction of sp³-hybridized carbons (Fsp3) is 0.304. The zero-order valence-electron chi connectivity index (χ0n) is 17.8. The Balaban J connectivity index is 1.73. The molecule has 0 saturated heterocycles. The van der Waals surface area contributed by atoms with Gasteiger partial charge in [0.15, 0.2) is 0 Å². The molecule has 4 rings (SSSR count). The largest absolute Gasteiger partial charge is 0.478 e. The number of carbonyl (C=O) groups excluding carboxylic acids is 2. The number of hydrogen-bond donors (Lipinski definition) is 5. The minimum Gasteiger partial charge on any atom is -0.464 e. The fourth-order valence-electron chi connectivity index (χ4n) is 4.46. The Morgan fingerprint density at radius 3 is 2.55 bits per heavy atom. The van der Waals surface area contributed by atoms with E-state index in [9.17, 15) is 14.7 Å². The van der Waals surface area contributed by atoms with Crippen molar-refractivity contribution in [2.45, 2.75) is 44.4 Å². The Bertz CT molecular complexity index is 1190. The lowest BCUT2D eigenvalue weighted by molar-refractivity contribution is -0.121. The van der Waals surface area contributed by atoms with Crippen LogP contribution in [-0.4, -0.2) is 42.1 Å². The van der Waals surface area contributed by atoms with Gasteiger partial charge in [0.1, 0.15) is 12.2 Å². The van der Waals surface area contributed by atoms with Gasteiger partial charge in [0.05, 0.1) is 5.92 Å². The number of nitrogens with zero attached hydrogens (tertiary/aromatic N) is 1. The molecule has 1 aliphatic carbocycles. The summed E-state index contributed by atoms with van der Waals surface area (Å²) in [6, 6.07) is 15.1. The highest BCUT2D eigenvalue weighted by molar-refractivity contribution is 7.76. The van der Waals surface area contributed by atoms with Crippen molar-refractivity contribution in [1.82, 2.24) is 4.57 Å². The molecular weight excluding hydrogens is 447 g/mol. The number of aromatic nitrogens is 1. The monoisotopic (exact) mass is 473 g/mol. The lowest BCUT2D eigenvalue weighted by Gasteiger charge is -2.22. The van der Waals surface area contributed by atoms with Crippen LogP contribution in [0.4, 0.5) is 0 Å². The molecule has 2 unspecified atom stereocenters. The van der Waals surface area contributed by atoms with Gasteiger partial charge in [0.25, 0.3) is 0 Å². The number of nitrogens with two attached hydrogens (primary N) is 1. The molecule has 1 amide bonds. The number of hydrogen-bond acceptors (Lipinski definition) is 7. The molecule has 0 spiro atoms. The van der Waals surface area contributed by atoms with Crippen molar-refractivity contribution in [3.05, 3.63) is 65.4 Å². The van der Waals surface area contributed by atoms with Crippen LogP contribution in [0.5, 0.6) is 5.75 Å². The van der Waals surface area contributed by atoms with E-state index in [-0.39, 0.29) is 5.75 Å². The van der Waals surface area contributed by atoms with Crippen LogP contribution in [-0.2, 0) is 22.6 Å². The van der Waals surface area contributed by atoms with Gasteiger partial charge in [-0.25, -0.2) is 4.79 Å². The molecule has 174 valence electrons. The Hall–Kier alpha value is -2.81. The smallest absolute Gasteiger partial charge is 0.464 e. The Kier molecular flexibility index (Phi) is 6.52. The van der Waals surface area contributed by atoms with Crippen LogP contribution in [0.1, 0.15) is 42.0 Å². The summed E-state index contributed by atoms with van der Waals surface area (Å²) in [6.07, 6.45) is -0.195. The molecule has 10 heteroatoms. The molecule has 9 nitrogen and oxygen atoms in total. The molecule has 2 aromatic carbocycles. The zero-order chi connectivity index (χ0) is 23.8. The van der Waals surface area contributed by atoms with Gasteiger partial charge in [-0.05, 0) is 48.6 Å². The number of ether oxygens (including phenoxy) is 1. The molecule has 1 heterocycles. The highest BCUT2D eigenvalue weighted by atomic mass is 31.2. The molecule has 3 aromatic rings. The quantitative estimate of drug-likeness (QED) is 0.247. The SMILES string of the molecule is NC(=O)C1CCCc2c1c1cc(OC(O)CC(=O)[P+](O)(O)O)ccc1n2Cc1ccccc1. The topological polar surface area (TPSA) is 155 Å². The number of rotatable bonds is 8. The number of carbonyl (C=O) groups is 2. The van der Waals surface area contributed by atoms with E-state index in [1.54, 1.807) is 12.1 Å². The number of amides is 1. The number of primary amides is 1. The first kappa shape index (κ1) is 23.4. The summed E-state index contributed by atoms with van der Waals surface area (Å²) in [6.45, 7) is 0.616. The molecule has 33 heavy (non-hydrogen) atoms. The average Bonchev–Trinajstić information content (AvgIpc) is 3.06. The van der Waals surface area contributed by atoms with Crippen molar-refractivity contribution in [3.63, 3.8) is 0 Å². The third-order valence-corrected chi connectivity index (χ3v) is 6.78. The molecule has 0 fully saturated rings. The van der Waals surface area contributed by atoms with Crippen LogP contribution in [0.3, 0.4) is 0 Å². The summed E-state index contributed by atoms with van der Waals surface area (Å²) < 4.78 is 7.56. The van der Waals surface area contributed by atoms with Gasteiger partial charge in [-0.15, -0.1) is 0 Å². The zero-order valence-corrected chi connectivity index (χ0v) is 18.7. The van der Waals surface area contributed by atoms with Crippen molar-refractivity contribution < 1.29 is 34.1 Å². The predicted molar refractivity (Wildman–Crippen MR) is 122 cm³/mol. The van der Waals surface area contributed by atoms with Crippen LogP contribution < -0.4 is 10.5 Å². The van der Waals surface area contributed by atoms with E-state index in [4.69, 9.17) is 25.2 Å². The number of fused-ring (bicyclic) bond motifs is 3. The van der Waals surface area contributed by atoms with Gasteiger partial charge in [0.2, 0.25) is 12.2 Å². The molecule has 1 aliphatic rings. The second-order valence-corrected chi connectivity index (χ2v) is 9.83. The molecule has 0 bridgehead atoms. The molecule has 2 atom stereocenters. The second-order valence-electron chi connectivity index (χ2n) is 8.20. The Morgan fingerprint density at radius 2 is 1.88 bits per heavy atom. The lowest BCUT2D eigenvalue weighted by Crippen LogP contribution is -2.25. The second kappa shape index (κ2) is 9.21. The van der Waals surface area contributed by atoms with E-state index < -0.39 is 38.0 Å². The molecule has 0 radical (unpaired) electrons. The first-order chi connectivity index (χ1) is 15.6. The minimum absolute atomic E-state index is 0.231. The van der Waals surface area contributed by atoms with Crippen LogP contribution in [0, 0.1) is 0 Å². The molecule has 0 saturated carbocycles. The Morgan fingerprint density at radius 1 is 1.15 bits per heavy atom. The normalized spacial score (nSPS) is 16.9. The highest BCUT2D eigenvalue weighted by Crippen LogP contribution is 2.47. The Labute approximate surface area is 190 Å². The van der Waals surface area contributed by atoms with E-state index in [2.05, 4.69) is 4.57 Å². The highest BCUT2D eigenvalue weighted by Gasteiger charge is 2.43. The molecule has 6 N–H and O–H groups in total. The van der Waals surface area contributed by atoms with E-state index >= 15 is 0 Å². The maximum absolute atomic E-state index is 12.2. The first-order valence-corrected chi connectivity index (χ1v) is 12.2. The van der Waals surface area contributed by atoms with Crippen LogP contribution in [0.15, 0.2) is 48.5 Å². The number of benzene rings is 2. The maximum atomic E-state index is 12.2. The predicted octanol–water partition coefficient (Wildman–Crippen LogP) is 1.95. The third kappa shape index (κ3) is 4.93. The van der Waals surface area contributed by atoms with Crippen molar-refractivity contribution in [2.75, 3.05) is 0 Å². The lowest BCUT2D eigenvalue weighted by atomic mass is 9.84. The van der Waals surface area contributed by atoms with E-state index in [0.29, 0.717) is 13.0 Å². The number of aliphatic hydroxyl groups is 1. The van der Waals surface area contributed by atoms with Crippen molar-refractivity contribution in [1.29, 1.82) is 0 Å². The summed E-state index contributed by atoms with van der Waals surface area (Å²) in [7, 11) is -4.70. The fourth-order valence-corrected chi connectivity index (χ4v) is 4.87. The first-order valence-electron chi connectivity index (χ1n) is 10.6. The summed E-state index contributed by atoms with van der Waals surface area (Å²) >= 11 is 0. The van der Waals surface area contributed by atoms with E-state index in [1.807, 2.05) is 36.4 Å². The van der Waals surface area contributed by atoms with Gasteiger partial charge in [-0.1, -0.05) is 30.3 Å². The average molecular weight is 473 g/mol. The third-order valence-electron chi connectivity index (χ3n) is 5.92. The van der Waals surface area contributed by atoms with Crippen molar-refractivity contribution in [2.24, 2.45) is 5.73 Å². The summed E-state index contributed by atoms with van der Waals surface area (Å²) in [5, 5.41) is 10.8. The van der Waals surface area contributed by atoms with Crippen LogP contribution in [0.25, 0.3) is 10.9 Å². The minimum atomic E-state index is -4.70. The van der Waals surface area contributed by atoms with Gasteiger partial charge in [-0.2, -0.15) is 14.7 Å². The molecule has 1 aromatic heterocycles. The summed E-state index contributed by atoms with van der Waals surface area (Å²) in [5.74, 6) is -0.617. The van der Waals surface area contributed by atoms with Gasteiger partial charge in [-0.3, -0.25) is 4.79 Å². The van der Waals surface area contributed by atoms with Crippen molar-refractivity contribution >= 4 is 30.3 Å². The molecule has 0 aliphatic heterocycles. The summed E-state index contributed by atoms with van der Waals surface area (Å²) in [4.78, 5) is 50.9. The summed E-state index contributed by atoms with van der Waals surface area (Å²) in [5.41, 5.74) is 8.31. The van der Waals surface area contributed by atoms with Crippen LogP contribution >= 0.6 is 7.94 Å². The van der Waals surface area contributed by atoms with Crippen molar-refractivity contribution in [3.8, 4) is 5.75 Å². The van der Waals surface area contributed by atoms with Gasteiger partial charge < -0.3 is 20.1 Å². The van der Waals surface area contributed by atoms with E-state index in [0.717, 1.165) is 40.6 Å². The van der Waals surface area contributed by atoms with Gasteiger partial charge >= 0.3 is 13.5 Å². The molecular formula is C23H26N2O7P+. The van der Waals surface area contributed by atoms with E-state index in [1.165, 1.54) is 0 Å². The van der Waals surface area contributed by atoms with Crippen LogP contribution in [0.2, 0.25) is 0 Å². The maximum Gasteiger partial charge on any atom is 0.478 e. The van der Waals surface area contributed by atoms with Gasteiger partial charge in [0, 0.05) is 23.1 Å².